The van der Waals surface area contributed by atoms with Crippen LogP contribution in [0.3, 0.4) is 0 Å². The summed E-state index contributed by atoms with van der Waals surface area (Å²) in [6, 6.07) is 3.64. The van der Waals surface area contributed by atoms with Crippen molar-refractivity contribution in [3.8, 4) is 0 Å². The maximum atomic E-state index is 11.4. The number of primary amides is 1. The zero-order valence-electron chi connectivity index (χ0n) is 14.9. The summed E-state index contributed by atoms with van der Waals surface area (Å²) in [7, 11) is 0. The first kappa shape index (κ1) is 18.2. The molecule has 3 N–H and O–H groups in total. The number of aliphatic carboxylic acids is 1. The third-order valence-corrected chi connectivity index (χ3v) is 4.81. The molecule has 26 heavy (non-hydrogen) atoms. The fourth-order valence-electron chi connectivity index (χ4n) is 3.65. The van der Waals surface area contributed by atoms with Gasteiger partial charge in [0.1, 0.15) is 12.3 Å². The average Bonchev–Trinajstić information content (AvgIpc) is 3.21. The van der Waals surface area contributed by atoms with Crippen molar-refractivity contribution in [2.75, 3.05) is 13.1 Å². The van der Waals surface area contributed by atoms with Crippen molar-refractivity contribution in [1.82, 2.24) is 14.7 Å². The Morgan fingerprint density at radius 2 is 2.27 bits per heavy atom. The summed E-state index contributed by atoms with van der Waals surface area (Å²) in [5.41, 5.74) is 7.27. The SMILES string of the molecule is CCc1oc(C(N)=O)cc1CN1CCC[C@@H](c2ccnn2CC(=O)O)C1. The van der Waals surface area contributed by atoms with Gasteiger partial charge in [0, 0.05) is 42.9 Å². The molecule has 1 aliphatic heterocycles. The second-order valence-electron chi connectivity index (χ2n) is 6.66. The van der Waals surface area contributed by atoms with E-state index >= 15 is 0 Å². The van der Waals surface area contributed by atoms with Crippen LogP contribution in [0.2, 0.25) is 0 Å². The highest BCUT2D eigenvalue weighted by Gasteiger charge is 2.26. The first-order valence-corrected chi connectivity index (χ1v) is 8.85. The third kappa shape index (κ3) is 3.96. The van der Waals surface area contributed by atoms with Crippen LogP contribution in [-0.2, 0) is 24.3 Å². The van der Waals surface area contributed by atoms with Crippen LogP contribution in [0, 0.1) is 0 Å². The number of carbonyl (C=O) groups excluding carboxylic acids is 1. The van der Waals surface area contributed by atoms with Crippen LogP contribution in [0.25, 0.3) is 0 Å². The van der Waals surface area contributed by atoms with Gasteiger partial charge in [-0.25, -0.2) is 0 Å². The van der Waals surface area contributed by atoms with E-state index in [1.165, 1.54) is 0 Å². The lowest BCUT2D eigenvalue weighted by molar-refractivity contribution is -0.137. The number of furan rings is 1. The summed E-state index contributed by atoms with van der Waals surface area (Å²) in [5.74, 6) is -0.229. The van der Waals surface area contributed by atoms with Crippen molar-refractivity contribution in [2.45, 2.75) is 45.2 Å². The molecule has 1 atom stereocenters. The molecule has 3 rings (SSSR count). The molecule has 2 aromatic rings. The third-order valence-electron chi connectivity index (χ3n) is 4.81. The van der Waals surface area contributed by atoms with Gasteiger partial charge >= 0.3 is 5.97 Å². The molecule has 3 heterocycles. The summed E-state index contributed by atoms with van der Waals surface area (Å²) in [4.78, 5) is 24.7. The Morgan fingerprint density at radius 3 is 2.96 bits per heavy atom. The first-order chi connectivity index (χ1) is 12.5. The lowest BCUT2D eigenvalue weighted by atomic mass is 9.94. The number of carboxylic acids is 1. The molecule has 0 aromatic carbocycles. The van der Waals surface area contributed by atoms with Gasteiger partial charge in [-0.1, -0.05) is 6.92 Å². The van der Waals surface area contributed by atoms with Gasteiger partial charge in [0.05, 0.1) is 0 Å². The van der Waals surface area contributed by atoms with E-state index < -0.39 is 11.9 Å². The van der Waals surface area contributed by atoms with Crippen LogP contribution >= 0.6 is 0 Å². The molecule has 1 aliphatic rings. The maximum absolute atomic E-state index is 11.4. The normalized spacial score (nSPS) is 18.1. The van der Waals surface area contributed by atoms with Gasteiger partial charge < -0.3 is 15.3 Å². The van der Waals surface area contributed by atoms with E-state index in [0.717, 1.165) is 42.9 Å². The molecule has 8 nitrogen and oxygen atoms in total. The van der Waals surface area contributed by atoms with Gasteiger partial charge in [-0.2, -0.15) is 5.10 Å². The number of likely N-dealkylation sites (tertiary alicyclic amines) is 1. The summed E-state index contributed by atoms with van der Waals surface area (Å²) in [6.45, 7) is 4.30. The number of carbonyl (C=O) groups is 2. The number of aryl methyl sites for hydroxylation is 1. The minimum atomic E-state index is -0.896. The molecule has 1 fully saturated rings. The molecule has 0 aliphatic carbocycles. The van der Waals surface area contributed by atoms with Crippen LogP contribution in [0.15, 0.2) is 22.7 Å². The van der Waals surface area contributed by atoms with Crippen molar-refractivity contribution in [1.29, 1.82) is 0 Å². The van der Waals surface area contributed by atoms with E-state index in [1.54, 1.807) is 16.9 Å². The first-order valence-electron chi connectivity index (χ1n) is 8.85. The van der Waals surface area contributed by atoms with Crippen LogP contribution in [0.5, 0.6) is 0 Å². The van der Waals surface area contributed by atoms with Crippen molar-refractivity contribution in [2.24, 2.45) is 5.73 Å². The Morgan fingerprint density at radius 1 is 1.46 bits per heavy atom. The molecular formula is C18H24N4O4. The molecule has 1 saturated heterocycles. The van der Waals surface area contributed by atoms with Crippen LogP contribution in [0.1, 0.15) is 53.3 Å². The van der Waals surface area contributed by atoms with Crippen LogP contribution in [-0.4, -0.2) is 44.8 Å². The molecule has 0 spiro atoms. The quantitative estimate of drug-likeness (QED) is 0.775. The fourth-order valence-corrected chi connectivity index (χ4v) is 3.65. The molecule has 2 aromatic heterocycles. The average molecular weight is 360 g/mol. The number of piperidine rings is 1. The number of nitrogens with two attached hydrogens (primary N) is 1. The van der Waals surface area contributed by atoms with Gasteiger partial charge in [-0.15, -0.1) is 0 Å². The Kier molecular flexibility index (Phi) is 5.41. The van der Waals surface area contributed by atoms with Crippen molar-refractivity contribution < 1.29 is 19.1 Å². The zero-order valence-corrected chi connectivity index (χ0v) is 14.9. The van der Waals surface area contributed by atoms with E-state index in [-0.39, 0.29) is 18.2 Å². The number of amides is 1. The summed E-state index contributed by atoms with van der Waals surface area (Å²) >= 11 is 0. The van der Waals surface area contributed by atoms with Crippen molar-refractivity contribution in [3.05, 3.63) is 41.1 Å². The number of aromatic nitrogens is 2. The van der Waals surface area contributed by atoms with Gasteiger partial charge in [0.15, 0.2) is 5.76 Å². The largest absolute Gasteiger partial charge is 0.480 e. The van der Waals surface area contributed by atoms with Crippen LogP contribution < -0.4 is 5.73 Å². The Hall–Kier alpha value is -2.61. The number of hydrogen-bond donors (Lipinski definition) is 2. The lowest BCUT2D eigenvalue weighted by Gasteiger charge is -2.32. The highest BCUT2D eigenvalue weighted by molar-refractivity contribution is 5.90. The fraction of sp³-hybridized carbons (Fsp3) is 0.500. The Balaban J connectivity index is 1.72. The van der Waals surface area contributed by atoms with Crippen molar-refractivity contribution in [3.63, 3.8) is 0 Å². The highest BCUT2D eigenvalue weighted by atomic mass is 16.4. The van der Waals surface area contributed by atoms with Crippen LogP contribution in [0.4, 0.5) is 0 Å². The Labute approximate surface area is 151 Å². The topological polar surface area (TPSA) is 115 Å². The molecular weight excluding hydrogens is 336 g/mol. The van der Waals surface area contributed by atoms with Gasteiger partial charge in [0.25, 0.3) is 5.91 Å². The van der Waals surface area contributed by atoms with E-state index in [0.29, 0.717) is 13.0 Å². The van der Waals surface area contributed by atoms with E-state index in [9.17, 15) is 9.59 Å². The summed E-state index contributed by atoms with van der Waals surface area (Å²) < 4.78 is 7.11. The predicted octanol–water partition coefficient (Wildman–Crippen LogP) is 1.60. The molecule has 0 saturated carbocycles. The van der Waals surface area contributed by atoms with E-state index in [1.807, 2.05) is 13.0 Å². The smallest absolute Gasteiger partial charge is 0.325 e. The minimum Gasteiger partial charge on any atom is -0.480 e. The lowest BCUT2D eigenvalue weighted by Crippen LogP contribution is -2.35. The van der Waals surface area contributed by atoms with Gasteiger partial charge in [0.2, 0.25) is 0 Å². The summed E-state index contributed by atoms with van der Waals surface area (Å²) in [6.07, 6.45) is 4.37. The molecule has 0 radical (unpaired) electrons. The molecule has 1 amide bonds. The van der Waals surface area contributed by atoms with Crippen molar-refractivity contribution >= 4 is 11.9 Å². The molecule has 8 heteroatoms. The molecule has 0 bridgehead atoms. The monoisotopic (exact) mass is 360 g/mol. The second-order valence-corrected chi connectivity index (χ2v) is 6.66. The number of rotatable bonds is 7. The number of nitrogens with zero attached hydrogens (tertiary/aromatic N) is 3. The highest BCUT2D eigenvalue weighted by Crippen LogP contribution is 2.28. The van der Waals surface area contributed by atoms with Gasteiger partial charge in [-0.3, -0.25) is 19.2 Å². The Bertz CT molecular complexity index is 795. The van der Waals surface area contributed by atoms with Gasteiger partial charge in [-0.05, 0) is 31.5 Å². The van der Waals surface area contributed by atoms with E-state index in [4.69, 9.17) is 15.3 Å². The summed E-state index contributed by atoms with van der Waals surface area (Å²) in [5, 5.41) is 13.2. The predicted molar refractivity (Wildman–Crippen MR) is 93.7 cm³/mol. The number of hydrogen-bond acceptors (Lipinski definition) is 5. The molecule has 0 unspecified atom stereocenters. The standard InChI is InChI=1S/C18H24N4O4/c1-2-15-13(8-16(26-15)18(19)25)10-21-7-3-4-12(9-21)14-5-6-20-22(14)11-17(23)24/h5-6,8,12H,2-4,7,9-11H2,1H3,(H2,19,25)(H,23,24)/t12-/m1/s1. The zero-order chi connectivity index (χ0) is 18.7. The second kappa shape index (κ2) is 7.74. The maximum Gasteiger partial charge on any atom is 0.325 e. The number of carboxylic acid groups (broad SMARTS) is 1. The molecule has 140 valence electrons. The van der Waals surface area contributed by atoms with E-state index in [2.05, 4.69) is 10.00 Å². The minimum absolute atomic E-state index is 0.123.